The van der Waals surface area contributed by atoms with Crippen LogP contribution in [0.15, 0.2) is 90.1 Å². The predicted molar refractivity (Wildman–Crippen MR) is 184 cm³/mol. The van der Waals surface area contributed by atoms with Crippen molar-refractivity contribution in [2.75, 3.05) is 13.2 Å². The minimum Gasteiger partial charge on any atom is -0.508 e. The number of hydrogen-bond donors (Lipinski definition) is 3. The summed E-state index contributed by atoms with van der Waals surface area (Å²) in [6, 6.07) is 22.1. The molecule has 2 aromatic carbocycles. The minimum atomic E-state index is -1.11. The number of imide groups is 1. The number of benzene rings is 2. The number of fused-ring (bicyclic) bond motifs is 3. The fraction of sp³-hybridized carbons (Fsp3) is 0.368. The van der Waals surface area contributed by atoms with Crippen molar-refractivity contribution in [1.29, 1.82) is 0 Å². The Morgan fingerprint density at radius 1 is 0.959 bits per heavy atom. The van der Waals surface area contributed by atoms with Crippen molar-refractivity contribution < 1.29 is 39.0 Å². The Hall–Kier alpha value is -4.74. The molecule has 11 heteroatoms. The van der Waals surface area contributed by atoms with Gasteiger partial charge in [0.2, 0.25) is 11.8 Å². The average Bonchev–Trinajstić information content (AvgIpc) is 3.34. The number of carbonyl (C=O) groups is 3. The number of ether oxygens (including phenoxy) is 1. The Kier molecular flexibility index (Phi) is 10.9. The van der Waals surface area contributed by atoms with E-state index in [-0.39, 0.29) is 43.5 Å². The fourth-order valence-electron chi connectivity index (χ4n) is 7.48. The van der Waals surface area contributed by atoms with Crippen LogP contribution in [0.5, 0.6) is 11.5 Å². The number of carboxylic acids is 1. The van der Waals surface area contributed by atoms with E-state index in [1.807, 2.05) is 66.7 Å². The first-order chi connectivity index (χ1) is 23.8. The second-order valence-electron chi connectivity index (χ2n) is 13.0. The summed E-state index contributed by atoms with van der Waals surface area (Å²) in [5, 5.41) is 29.8. The van der Waals surface area contributed by atoms with E-state index in [0.717, 1.165) is 28.0 Å². The van der Waals surface area contributed by atoms with Crippen LogP contribution in [0.25, 0.3) is 11.6 Å². The third-order valence-corrected chi connectivity index (χ3v) is 9.73. The van der Waals surface area contributed by atoms with Gasteiger partial charge in [-0.3, -0.25) is 24.3 Å². The Morgan fingerprint density at radius 3 is 2.47 bits per heavy atom. The van der Waals surface area contributed by atoms with Crippen molar-refractivity contribution in [2.45, 2.75) is 57.4 Å². The molecule has 0 spiro atoms. The van der Waals surface area contributed by atoms with Crippen LogP contribution in [-0.2, 0) is 19.0 Å². The molecule has 2 aliphatic heterocycles. The van der Waals surface area contributed by atoms with Crippen molar-refractivity contribution in [2.24, 2.45) is 17.8 Å². The van der Waals surface area contributed by atoms with Crippen LogP contribution in [0.2, 0.25) is 6.32 Å². The molecule has 2 fully saturated rings. The number of aromatic hydroxyl groups is 1. The number of pyridine rings is 1. The number of likely N-dealkylation sites (tertiary alicyclic amines) is 1. The van der Waals surface area contributed by atoms with Crippen LogP contribution in [-0.4, -0.2) is 69.3 Å². The van der Waals surface area contributed by atoms with E-state index in [4.69, 9.17) is 14.5 Å². The maximum Gasteiger partial charge on any atom is 0.455 e. The monoisotopic (exact) mass is 664 g/mol. The lowest BCUT2D eigenvalue weighted by Gasteiger charge is -2.43. The van der Waals surface area contributed by atoms with Gasteiger partial charge in [0.05, 0.1) is 23.6 Å². The molecule has 3 aromatic rings. The number of allylic oxidation sites excluding steroid dienone is 1. The van der Waals surface area contributed by atoms with E-state index in [2.05, 4.69) is 4.98 Å². The molecule has 3 heterocycles. The number of para-hydroxylation sites is 1. The third-order valence-electron chi connectivity index (χ3n) is 9.73. The van der Waals surface area contributed by atoms with Crippen LogP contribution in [0, 0.1) is 17.8 Å². The summed E-state index contributed by atoms with van der Waals surface area (Å²) >= 11 is 0. The molecule has 2 amide bonds. The van der Waals surface area contributed by atoms with Gasteiger partial charge in [-0.05, 0) is 109 Å². The van der Waals surface area contributed by atoms with Crippen LogP contribution >= 0.6 is 0 Å². The van der Waals surface area contributed by atoms with Crippen LogP contribution in [0.1, 0.15) is 56.2 Å². The van der Waals surface area contributed by atoms with Gasteiger partial charge >= 0.3 is 13.1 Å². The van der Waals surface area contributed by atoms with Crippen molar-refractivity contribution in [1.82, 2.24) is 9.88 Å². The van der Waals surface area contributed by atoms with Crippen molar-refractivity contribution >= 4 is 36.6 Å². The molecule has 0 bridgehead atoms. The molecule has 6 rings (SSSR count). The van der Waals surface area contributed by atoms with Crippen LogP contribution in [0.3, 0.4) is 0 Å². The number of amides is 2. The van der Waals surface area contributed by atoms with Crippen molar-refractivity contribution in [3.05, 3.63) is 101 Å². The number of rotatable bonds is 14. The van der Waals surface area contributed by atoms with E-state index in [9.17, 15) is 24.5 Å². The highest BCUT2D eigenvalue weighted by Crippen LogP contribution is 2.51. The van der Waals surface area contributed by atoms with Gasteiger partial charge < -0.3 is 24.6 Å². The quantitative estimate of drug-likeness (QED) is 0.0864. The normalized spacial score (nSPS) is 22.3. The summed E-state index contributed by atoms with van der Waals surface area (Å²) in [6.45, 7) is 0.474. The zero-order chi connectivity index (χ0) is 34.3. The standard InChI is InChI=1S/C38H41BN2O8/c42-28-16-13-25(14-17-28)21-26(32-11-6-7-19-40-32)15-18-33-35-27(24-48-29-9-3-1-4-10-29)22-30-36(31(35)23-39(47)49-33)38(46)41(37(30)45)20-8-2-5-12-34(43)44/h1,3-4,6-7,9-11,13-14,16-17,19,21,30-31,33,36,42,47H,2,5,8,12,15,18,20,22-24H2,(H,43,44)/b26-21-/t30-,31+,33-,36-/m1/s1. The lowest BCUT2D eigenvalue weighted by molar-refractivity contribution is -0.141. The molecule has 3 N–H and O–H groups in total. The van der Waals surface area contributed by atoms with E-state index < -0.39 is 36.9 Å². The molecule has 3 aliphatic rings. The molecule has 1 aromatic heterocycles. The molecule has 0 radical (unpaired) electrons. The number of carbonyl (C=O) groups excluding carboxylic acids is 2. The molecule has 49 heavy (non-hydrogen) atoms. The third kappa shape index (κ3) is 8.12. The summed E-state index contributed by atoms with van der Waals surface area (Å²) in [6.07, 6.45) is 6.51. The van der Waals surface area contributed by atoms with Crippen molar-refractivity contribution in [3.63, 3.8) is 0 Å². The lowest BCUT2D eigenvalue weighted by atomic mass is 9.58. The molecule has 2 saturated heterocycles. The van der Waals surface area contributed by atoms with Gasteiger partial charge in [0.1, 0.15) is 18.1 Å². The summed E-state index contributed by atoms with van der Waals surface area (Å²) in [4.78, 5) is 44.6. The molecule has 4 atom stereocenters. The van der Waals surface area contributed by atoms with Gasteiger partial charge in [0, 0.05) is 19.2 Å². The zero-order valence-corrected chi connectivity index (χ0v) is 27.3. The summed E-state index contributed by atoms with van der Waals surface area (Å²) in [5.74, 6) is -1.99. The van der Waals surface area contributed by atoms with E-state index in [1.54, 1.807) is 18.3 Å². The molecule has 254 valence electrons. The highest BCUT2D eigenvalue weighted by Gasteiger charge is 2.57. The smallest absolute Gasteiger partial charge is 0.455 e. The Morgan fingerprint density at radius 2 is 1.73 bits per heavy atom. The zero-order valence-electron chi connectivity index (χ0n) is 27.3. The maximum absolute atomic E-state index is 14.0. The molecule has 1 aliphatic carbocycles. The topological polar surface area (TPSA) is 146 Å². The lowest BCUT2D eigenvalue weighted by Crippen LogP contribution is -2.46. The second kappa shape index (κ2) is 15.7. The van der Waals surface area contributed by atoms with E-state index in [1.165, 1.54) is 4.90 Å². The van der Waals surface area contributed by atoms with Gasteiger partial charge in [-0.2, -0.15) is 0 Å². The number of carboxylic acid groups (broad SMARTS) is 1. The first kappa shape index (κ1) is 34.1. The van der Waals surface area contributed by atoms with Gasteiger partial charge in [-0.15, -0.1) is 0 Å². The number of phenolic OH excluding ortho intramolecular Hbond substituents is 1. The first-order valence-corrected chi connectivity index (χ1v) is 17.0. The maximum atomic E-state index is 14.0. The van der Waals surface area contributed by atoms with Crippen LogP contribution < -0.4 is 4.74 Å². The molecule has 10 nitrogen and oxygen atoms in total. The van der Waals surface area contributed by atoms with Gasteiger partial charge in [-0.25, -0.2) is 0 Å². The van der Waals surface area contributed by atoms with Gasteiger partial charge in [-0.1, -0.05) is 42.8 Å². The Bertz CT molecular complexity index is 1700. The summed E-state index contributed by atoms with van der Waals surface area (Å²) in [7, 11) is -1.11. The van der Waals surface area contributed by atoms with E-state index >= 15 is 0 Å². The number of aromatic nitrogens is 1. The largest absolute Gasteiger partial charge is 0.508 e. The number of phenols is 1. The molecule has 0 unspecified atom stereocenters. The van der Waals surface area contributed by atoms with E-state index in [0.29, 0.717) is 44.3 Å². The number of nitrogens with zero attached hydrogens (tertiary/aromatic N) is 2. The first-order valence-electron chi connectivity index (χ1n) is 17.0. The predicted octanol–water partition coefficient (Wildman–Crippen LogP) is 5.63. The fourth-order valence-corrected chi connectivity index (χ4v) is 7.48. The van der Waals surface area contributed by atoms with Gasteiger partial charge in [0.15, 0.2) is 0 Å². The highest BCUT2D eigenvalue weighted by molar-refractivity contribution is 6.43. The minimum absolute atomic E-state index is 0.0543. The van der Waals surface area contributed by atoms with Gasteiger partial charge in [0.25, 0.3) is 0 Å². The SMILES string of the molecule is O=C(O)CCCCCN1C(=O)[C@@H]2[C@@H](CC(COc3ccccc3)=C3[C@@H](CC/C(=C/c4ccc(O)cc4)c4ccccn4)OB(O)C[C@@H]32)C1=O. The Balaban J connectivity index is 1.28. The highest BCUT2D eigenvalue weighted by atomic mass is 16.5. The number of unbranched alkanes of at least 4 members (excludes halogenated alkanes) is 2. The average molecular weight is 665 g/mol. The van der Waals surface area contributed by atoms with Crippen LogP contribution in [0.4, 0.5) is 0 Å². The van der Waals surface area contributed by atoms with Crippen molar-refractivity contribution in [3.8, 4) is 11.5 Å². The number of hydrogen-bond acceptors (Lipinski definition) is 8. The summed E-state index contributed by atoms with van der Waals surface area (Å²) < 4.78 is 12.5. The second-order valence-corrected chi connectivity index (χ2v) is 13.0. The molecular formula is C38H41BN2O8. The molecular weight excluding hydrogens is 623 g/mol. The summed E-state index contributed by atoms with van der Waals surface area (Å²) in [5.41, 5.74) is 4.49. The Labute approximate surface area is 286 Å². The molecule has 0 saturated carbocycles. The number of aliphatic carboxylic acids is 1.